The van der Waals surface area contributed by atoms with E-state index < -0.39 is 10.0 Å². The van der Waals surface area contributed by atoms with Gasteiger partial charge in [0.05, 0.1) is 16.7 Å². The second-order valence-corrected chi connectivity index (χ2v) is 9.45. The summed E-state index contributed by atoms with van der Waals surface area (Å²) in [6.45, 7) is 5.78. The first-order valence-electron chi connectivity index (χ1n) is 9.90. The summed E-state index contributed by atoms with van der Waals surface area (Å²) in [7, 11) is -2.27. The van der Waals surface area contributed by atoms with Crippen molar-refractivity contribution in [1.82, 2.24) is 0 Å². The van der Waals surface area contributed by atoms with Crippen molar-refractivity contribution < 1.29 is 17.9 Å². The lowest BCUT2D eigenvalue weighted by atomic mass is 10.2. The predicted octanol–water partition coefficient (Wildman–Crippen LogP) is 4.86. The molecular weight excluding hydrogens is 412 g/mol. The van der Waals surface area contributed by atoms with E-state index in [0.717, 1.165) is 11.3 Å². The van der Waals surface area contributed by atoms with Gasteiger partial charge in [0, 0.05) is 18.3 Å². The number of rotatable bonds is 7. The molecule has 1 N–H and O–H groups in total. The van der Waals surface area contributed by atoms with Crippen molar-refractivity contribution in [2.45, 2.75) is 31.8 Å². The topological polar surface area (TPSA) is 75.7 Å². The quantitative estimate of drug-likeness (QED) is 0.572. The van der Waals surface area contributed by atoms with E-state index in [4.69, 9.17) is 4.74 Å². The second kappa shape index (κ2) is 9.22. The molecule has 6 nitrogen and oxygen atoms in total. The Morgan fingerprint density at radius 3 is 2.23 bits per heavy atom. The maximum atomic E-state index is 12.9. The number of aryl methyl sites for hydroxylation is 1. The number of nitrogens with one attached hydrogen (secondary N) is 1. The number of amides is 1. The van der Waals surface area contributed by atoms with Crippen molar-refractivity contribution in [2.75, 3.05) is 16.7 Å². The largest absolute Gasteiger partial charge is 0.491 e. The van der Waals surface area contributed by atoms with E-state index >= 15 is 0 Å². The molecule has 0 spiro atoms. The Morgan fingerprint density at radius 1 is 0.968 bits per heavy atom. The molecule has 0 saturated carbocycles. The SMILES string of the molecule is Cc1ccc(S(=O)(=O)N(C)c2cccc(C(=O)Nc3ccc(OC(C)C)cc3)c2)cc1. The Hall–Kier alpha value is -3.32. The highest BCUT2D eigenvalue weighted by Crippen LogP contribution is 2.24. The summed E-state index contributed by atoms with van der Waals surface area (Å²) in [5.74, 6) is 0.387. The molecule has 0 heterocycles. The van der Waals surface area contributed by atoms with Crippen LogP contribution >= 0.6 is 0 Å². The van der Waals surface area contributed by atoms with Crippen LogP contribution in [0, 0.1) is 6.92 Å². The number of sulfonamides is 1. The van der Waals surface area contributed by atoms with Gasteiger partial charge in [-0.05, 0) is 75.4 Å². The number of carbonyl (C=O) groups excluding carboxylic acids is 1. The maximum absolute atomic E-state index is 12.9. The van der Waals surface area contributed by atoms with E-state index in [1.807, 2.05) is 20.8 Å². The average molecular weight is 439 g/mol. The van der Waals surface area contributed by atoms with Crippen LogP contribution in [0.3, 0.4) is 0 Å². The molecule has 3 aromatic rings. The zero-order valence-corrected chi connectivity index (χ0v) is 18.8. The van der Waals surface area contributed by atoms with Gasteiger partial charge in [0.15, 0.2) is 0 Å². The van der Waals surface area contributed by atoms with E-state index in [1.54, 1.807) is 72.8 Å². The first-order chi connectivity index (χ1) is 14.7. The third-order valence-corrected chi connectivity index (χ3v) is 6.44. The van der Waals surface area contributed by atoms with Gasteiger partial charge in [0.2, 0.25) is 0 Å². The van der Waals surface area contributed by atoms with Gasteiger partial charge < -0.3 is 10.1 Å². The highest BCUT2D eigenvalue weighted by Gasteiger charge is 2.22. The van der Waals surface area contributed by atoms with Crippen molar-refractivity contribution in [2.24, 2.45) is 0 Å². The minimum absolute atomic E-state index is 0.0661. The molecule has 7 heteroatoms. The number of carbonyl (C=O) groups is 1. The monoisotopic (exact) mass is 438 g/mol. The van der Waals surface area contributed by atoms with Crippen LogP contribution in [-0.4, -0.2) is 27.5 Å². The first-order valence-corrected chi connectivity index (χ1v) is 11.3. The van der Waals surface area contributed by atoms with Crippen LogP contribution in [0.4, 0.5) is 11.4 Å². The highest BCUT2D eigenvalue weighted by molar-refractivity contribution is 7.92. The summed E-state index contributed by atoms with van der Waals surface area (Å²) < 4.78 is 32.6. The number of anilines is 2. The fraction of sp³-hybridized carbons (Fsp3) is 0.208. The van der Waals surface area contributed by atoms with Gasteiger partial charge in [-0.25, -0.2) is 8.42 Å². The molecule has 0 fully saturated rings. The van der Waals surface area contributed by atoms with Gasteiger partial charge in [-0.1, -0.05) is 23.8 Å². The van der Waals surface area contributed by atoms with E-state index in [-0.39, 0.29) is 16.9 Å². The highest BCUT2D eigenvalue weighted by atomic mass is 32.2. The van der Waals surface area contributed by atoms with Gasteiger partial charge in [0.1, 0.15) is 5.75 Å². The molecule has 3 aromatic carbocycles. The maximum Gasteiger partial charge on any atom is 0.264 e. The van der Waals surface area contributed by atoms with Crippen LogP contribution in [0.1, 0.15) is 29.8 Å². The molecule has 3 rings (SSSR count). The van der Waals surface area contributed by atoms with Crippen LogP contribution < -0.4 is 14.4 Å². The fourth-order valence-corrected chi connectivity index (χ4v) is 4.13. The van der Waals surface area contributed by atoms with Gasteiger partial charge >= 0.3 is 0 Å². The lowest BCUT2D eigenvalue weighted by molar-refractivity contribution is 0.102. The smallest absolute Gasteiger partial charge is 0.264 e. The van der Waals surface area contributed by atoms with Crippen LogP contribution in [-0.2, 0) is 10.0 Å². The van der Waals surface area contributed by atoms with Crippen LogP contribution in [0.15, 0.2) is 77.7 Å². The van der Waals surface area contributed by atoms with Crippen molar-refractivity contribution in [1.29, 1.82) is 0 Å². The number of ether oxygens (including phenoxy) is 1. The van der Waals surface area contributed by atoms with E-state index in [9.17, 15) is 13.2 Å². The van der Waals surface area contributed by atoms with Crippen molar-refractivity contribution >= 4 is 27.3 Å². The Labute approximate surface area is 183 Å². The molecule has 0 aliphatic carbocycles. The minimum atomic E-state index is -3.74. The molecular formula is C24H26N2O4S. The summed E-state index contributed by atoms with van der Waals surface area (Å²) >= 11 is 0. The second-order valence-electron chi connectivity index (χ2n) is 7.48. The molecule has 162 valence electrons. The Morgan fingerprint density at radius 2 is 1.61 bits per heavy atom. The fourth-order valence-electron chi connectivity index (χ4n) is 2.94. The summed E-state index contributed by atoms with van der Waals surface area (Å²) in [6, 6.07) is 20.2. The average Bonchev–Trinajstić information content (AvgIpc) is 2.74. The molecule has 0 aliphatic heterocycles. The molecule has 1 amide bonds. The lowest BCUT2D eigenvalue weighted by Gasteiger charge is -2.20. The summed E-state index contributed by atoms with van der Waals surface area (Å²) in [5.41, 5.74) is 2.34. The molecule has 0 saturated heterocycles. The summed E-state index contributed by atoms with van der Waals surface area (Å²) in [6.07, 6.45) is 0.0661. The van der Waals surface area contributed by atoms with Crippen molar-refractivity contribution in [3.63, 3.8) is 0 Å². The van der Waals surface area contributed by atoms with E-state index in [1.165, 1.54) is 11.4 Å². The number of nitrogens with zero attached hydrogens (tertiary/aromatic N) is 1. The third-order valence-electron chi connectivity index (χ3n) is 4.64. The Balaban J connectivity index is 1.77. The molecule has 31 heavy (non-hydrogen) atoms. The Bertz CT molecular complexity index is 1150. The lowest BCUT2D eigenvalue weighted by Crippen LogP contribution is -2.26. The normalized spacial score (nSPS) is 11.3. The molecule has 0 atom stereocenters. The molecule has 0 aliphatic rings. The molecule has 0 unspecified atom stereocenters. The van der Waals surface area contributed by atoms with Gasteiger partial charge in [-0.3, -0.25) is 9.10 Å². The minimum Gasteiger partial charge on any atom is -0.491 e. The van der Waals surface area contributed by atoms with Crippen molar-refractivity contribution in [3.8, 4) is 5.75 Å². The predicted molar refractivity (Wildman–Crippen MR) is 123 cm³/mol. The zero-order valence-electron chi connectivity index (χ0n) is 18.0. The van der Waals surface area contributed by atoms with E-state index in [2.05, 4.69) is 5.32 Å². The Kier molecular flexibility index (Phi) is 6.65. The number of hydrogen-bond donors (Lipinski definition) is 1. The molecule has 0 bridgehead atoms. The van der Waals surface area contributed by atoms with Crippen LogP contribution in [0.5, 0.6) is 5.75 Å². The molecule has 0 radical (unpaired) electrons. The summed E-state index contributed by atoms with van der Waals surface area (Å²) in [4.78, 5) is 12.9. The van der Waals surface area contributed by atoms with E-state index in [0.29, 0.717) is 16.9 Å². The van der Waals surface area contributed by atoms with Crippen LogP contribution in [0.2, 0.25) is 0 Å². The molecule has 0 aromatic heterocycles. The van der Waals surface area contributed by atoms with Gasteiger partial charge in [0.25, 0.3) is 15.9 Å². The standard InChI is InChI=1S/C24H26N2O4S/c1-17(2)30-22-12-10-20(11-13-22)25-24(27)19-6-5-7-21(16-19)26(4)31(28,29)23-14-8-18(3)9-15-23/h5-17H,1-4H3,(H,25,27). The van der Waals surface area contributed by atoms with Gasteiger partial charge in [-0.2, -0.15) is 0 Å². The number of benzene rings is 3. The summed E-state index contributed by atoms with van der Waals surface area (Å²) in [5, 5.41) is 2.82. The first kappa shape index (κ1) is 22.4. The van der Waals surface area contributed by atoms with Crippen molar-refractivity contribution in [3.05, 3.63) is 83.9 Å². The van der Waals surface area contributed by atoms with Crippen LogP contribution in [0.25, 0.3) is 0 Å². The number of hydrogen-bond acceptors (Lipinski definition) is 4. The van der Waals surface area contributed by atoms with Gasteiger partial charge in [-0.15, -0.1) is 0 Å². The third kappa shape index (κ3) is 5.44. The zero-order chi connectivity index (χ0) is 22.6.